The van der Waals surface area contributed by atoms with Crippen LogP contribution in [0.4, 0.5) is 13.2 Å². The molecule has 0 aliphatic heterocycles. The number of nitrogens with zero attached hydrogens (tertiary/aromatic N) is 2. The molecule has 6 heteroatoms. The lowest BCUT2D eigenvalue weighted by atomic mass is 10.3. The second-order valence-corrected chi connectivity index (χ2v) is 2.79. The summed E-state index contributed by atoms with van der Waals surface area (Å²) in [7, 11) is 1.70. The van der Waals surface area contributed by atoms with Crippen molar-refractivity contribution in [1.29, 1.82) is 0 Å². The van der Waals surface area contributed by atoms with Crippen molar-refractivity contribution < 1.29 is 13.2 Å². The zero-order valence-electron chi connectivity index (χ0n) is 7.60. The SMILES string of the molecule is CNCc1ccnc(CC(F)(F)F)n1. The van der Waals surface area contributed by atoms with Crippen LogP contribution < -0.4 is 5.32 Å². The normalized spacial score (nSPS) is 11.7. The summed E-state index contributed by atoms with van der Waals surface area (Å²) in [5, 5.41) is 2.80. The first-order valence-electron chi connectivity index (χ1n) is 4.03. The maximum Gasteiger partial charge on any atom is 0.396 e. The Morgan fingerprint density at radius 1 is 1.43 bits per heavy atom. The molecule has 0 aliphatic carbocycles. The lowest BCUT2D eigenvalue weighted by molar-refractivity contribution is -0.128. The fourth-order valence-electron chi connectivity index (χ4n) is 0.985. The van der Waals surface area contributed by atoms with Crippen LogP contribution in [0.2, 0.25) is 0 Å². The summed E-state index contributed by atoms with van der Waals surface area (Å²) < 4.78 is 35.9. The Hall–Kier alpha value is -1.17. The monoisotopic (exact) mass is 205 g/mol. The van der Waals surface area contributed by atoms with Gasteiger partial charge in [-0.15, -0.1) is 0 Å². The molecule has 0 bridgehead atoms. The molecule has 1 N–H and O–H groups in total. The minimum absolute atomic E-state index is 0.190. The summed E-state index contributed by atoms with van der Waals surface area (Å²) in [6, 6.07) is 1.58. The summed E-state index contributed by atoms with van der Waals surface area (Å²) in [5.74, 6) is -0.190. The van der Waals surface area contributed by atoms with Crippen LogP contribution in [0, 0.1) is 0 Å². The average molecular weight is 205 g/mol. The third kappa shape index (κ3) is 3.69. The molecule has 78 valence electrons. The van der Waals surface area contributed by atoms with Gasteiger partial charge in [-0.3, -0.25) is 0 Å². The Kier molecular flexibility index (Phi) is 3.40. The highest BCUT2D eigenvalue weighted by Gasteiger charge is 2.29. The van der Waals surface area contributed by atoms with Crippen molar-refractivity contribution in [2.24, 2.45) is 0 Å². The lowest BCUT2D eigenvalue weighted by Gasteiger charge is -2.05. The van der Waals surface area contributed by atoms with E-state index in [1.165, 1.54) is 6.20 Å². The van der Waals surface area contributed by atoms with Crippen LogP contribution in [0.5, 0.6) is 0 Å². The first-order valence-corrected chi connectivity index (χ1v) is 4.03. The highest BCUT2D eigenvalue weighted by atomic mass is 19.4. The molecule has 0 saturated heterocycles. The van der Waals surface area contributed by atoms with E-state index in [2.05, 4.69) is 15.3 Å². The van der Waals surface area contributed by atoms with E-state index in [0.29, 0.717) is 12.2 Å². The molecule has 0 saturated carbocycles. The van der Waals surface area contributed by atoms with Gasteiger partial charge in [0, 0.05) is 12.7 Å². The van der Waals surface area contributed by atoms with Gasteiger partial charge in [-0.2, -0.15) is 13.2 Å². The first kappa shape index (κ1) is 10.9. The lowest BCUT2D eigenvalue weighted by Crippen LogP contribution is -2.16. The summed E-state index contributed by atoms with van der Waals surface area (Å²) in [5.41, 5.74) is 0.557. The number of hydrogen-bond acceptors (Lipinski definition) is 3. The van der Waals surface area contributed by atoms with Gasteiger partial charge in [-0.1, -0.05) is 0 Å². The Bertz CT molecular complexity index is 298. The molecule has 0 amide bonds. The Morgan fingerprint density at radius 2 is 2.14 bits per heavy atom. The third-order valence-corrected chi connectivity index (χ3v) is 1.48. The Balaban J connectivity index is 2.73. The molecule has 0 atom stereocenters. The van der Waals surface area contributed by atoms with E-state index in [1.54, 1.807) is 13.1 Å². The summed E-state index contributed by atoms with van der Waals surface area (Å²) in [6.07, 6.45) is -4.00. The smallest absolute Gasteiger partial charge is 0.314 e. The second kappa shape index (κ2) is 4.36. The van der Waals surface area contributed by atoms with Gasteiger partial charge in [0.1, 0.15) is 12.2 Å². The minimum atomic E-state index is -4.25. The summed E-state index contributed by atoms with van der Waals surface area (Å²) in [6.45, 7) is 0.438. The molecular weight excluding hydrogens is 195 g/mol. The predicted octanol–water partition coefficient (Wildman–Crippen LogP) is 1.30. The van der Waals surface area contributed by atoms with Crippen molar-refractivity contribution in [3.05, 3.63) is 23.8 Å². The molecule has 0 aromatic carbocycles. The van der Waals surface area contributed by atoms with E-state index in [9.17, 15) is 13.2 Å². The van der Waals surface area contributed by atoms with E-state index < -0.39 is 12.6 Å². The van der Waals surface area contributed by atoms with Crippen molar-refractivity contribution in [2.45, 2.75) is 19.1 Å². The molecule has 3 nitrogen and oxygen atoms in total. The van der Waals surface area contributed by atoms with Gasteiger partial charge in [-0.05, 0) is 13.1 Å². The highest BCUT2D eigenvalue weighted by molar-refractivity contribution is 5.02. The quantitative estimate of drug-likeness (QED) is 0.808. The van der Waals surface area contributed by atoms with Crippen LogP contribution in [-0.4, -0.2) is 23.2 Å². The fraction of sp³-hybridized carbons (Fsp3) is 0.500. The van der Waals surface area contributed by atoms with Crippen molar-refractivity contribution >= 4 is 0 Å². The third-order valence-electron chi connectivity index (χ3n) is 1.48. The number of nitrogens with one attached hydrogen (secondary N) is 1. The Morgan fingerprint density at radius 3 is 2.71 bits per heavy atom. The zero-order valence-corrected chi connectivity index (χ0v) is 7.60. The van der Waals surface area contributed by atoms with E-state index in [4.69, 9.17) is 0 Å². The standard InChI is InChI=1S/C8H10F3N3/c1-12-5-6-2-3-13-7(14-6)4-8(9,10)11/h2-3,12H,4-5H2,1H3. The summed E-state index contributed by atoms with van der Waals surface area (Å²) >= 11 is 0. The molecule has 0 aliphatic rings. The van der Waals surface area contributed by atoms with Crippen LogP contribution in [0.3, 0.4) is 0 Å². The van der Waals surface area contributed by atoms with Gasteiger partial charge in [0.25, 0.3) is 0 Å². The number of alkyl halides is 3. The molecule has 14 heavy (non-hydrogen) atoms. The summed E-state index contributed by atoms with van der Waals surface area (Å²) in [4.78, 5) is 7.30. The minimum Gasteiger partial charge on any atom is -0.314 e. The molecular formula is C8H10F3N3. The van der Waals surface area contributed by atoms with E-state index in [1.807, 2.05) is 0 Å². The van der Waals surface area contributed by atoms with Gasteiger partial charge >= 0.3 is 6.18 Å². The molecule has 1 aromatic rings. The van der Waals surface area contributed by atoms with E-state index >= 15 is 0 Å². The molecule has 1 rings (SSSR count). The number of hydrogen-bond donors (Lipinski definition) is 1. The average Bonchev–Trinajstić information content (AvgIpc) is 2.02. The van der Waals surface area contributed by atoms with Gasteiger partial charge in [0.15, 0.2) is 0 Å². The van der Waals surface area contributed by atoms with Gasteiger partial charge in [-0.25, -0.2) is 9.97 Å². The van der Waals surface area contributed by atoms with Crippen molar-refractivity contribution in [2.75, 3.05) is 7.05 Å². The zero-order chi connectivity index (χ0) is 10.6. The van der Waals surface area contributed by atoms with Crippen molar-refractivity contribution in [3.8, 4) is 0 Å². The second-order valence-electron chi connectivity index (χ2n) is 2.79. The topological polar surface area (TPSA) is 37.8 Å². The Labute approximate surface area is 79.4 Å². The largest absolute Gasteiger partial charge is 0.396 e. The van der Waals surface area contributed by atoms with Crippen LogP contribution >= 0.6 is 0 Å². The molecule has 1 heterocycles. The molecule has 0 radical (unpaired) electrons. The molecule has 1 aromatic heterocycles. The van der Waals surface area contributed by atoms with Crippen molar-refractivity contribution in [1.82, 2.24) is 15.3 Å². The maximum absolute atomic E-state index is 12.0. The molecule has 0 unspecified atom stereocenters. The van der Waals surface area contributed by atoms with E-state index in [0.717, 1.165) is 0 Å². The number of rotatable bonds is 3. The van der Waals surface area contributed by atoms with Crippen LogP contribution in [-0.2, 0) is 13.0 Å². The van der Waals surface area contributed by atoms with Crippen LogP contribution in [0.15, 0.2) is 12.3 Å². The van der Waals surface area contributed by atoms with Gasteiger partial charge < -0.3 is 5.32 Å². The molecule has 0 fully saturated rings. The van der Waals surface area contributed by atoms with Gasteiger partial charge in [0.2, 0.25) is 0 Å². The van der Waals surface area contributed by atoms with Crippen LogP contribution in [0.1, 0.15) is 11.5 Å². The highest BCUT2D eigenvalue weighted by Crippen LogP contribution is 2.18. The first-order chi connectivity index (χ1) is 6.51. The molecule has 0 spiro atoms. The van der Waals surface area contributed by atoms with Crippen molar-refractivity contribution in [3.63, 3.8) is 0 Å². The fourth-order valence-corrected chi connectivity index (χ4v) is 0.985. The van der Waals surface area contributed by atoms with E-state index in [-0.39, 0.29) is 5.82 Å². The maximum atomic E-state index is 12.0. The van der Waals surface area contributed by atoms with Gasteiger partial charge in [0.05, 0.1) is 5.69 Å². The number of halogens is 3. The predicted molar refractivity (Wildman–Crippen MR) is 44.6 cm³/mol. The number of aromatic nitrogens is 2. The van der Waals surface area contributed by atoms with Crippen LogP contribution in [0.25, 0.3) is 0 Å².